The smallest absolute Gasteiger partial charge is 0.132 e. The number of aliphatic hydroxyl groups is 3. The molecule has 0 fully saturated rings. The lowest BCUT2D eigenvalue weighted by Gasteiger charge is -2.26. The molecule has 0 aliphatic rings. The summed E-state index contributed by atoms with van der Waals surface area (Å²) < 4.78 is 11.0. The second kappa shape index (κ2) is 10.4. The maximum absolute atomic E-state index is 11.0. The van der Waals surface area contributed by atoms with E-state index in [0.717, 1.165) is 11.1 Å². The molecule has 0 aliphatic heterocycles. The summed E-state index contributed by atoms with van der Waals surface area (Å²) in [5, 5.41) is 27.9. The van der Waals surface area contributed by atoms with E-state index in [1.807, 2.05) is 48.5 Å². The standard InChI is InChI=1S/C23H30O6/c1-16(25)12-19(26)14-28-21-8-4-17(5-9-21)23(2,3)18-6-10-22(11-7-18)29-15-20(27)13-24/h4-11,19-20,24,26-27H,12-15H2,1-3H3. The summed E-state index contributed by atoms with van der Waals surface area (Å²) in [7, 11) is 0. The molecular weight excluding hydrogens is 372 g/mol. The van der Waals surface area contributed by atoms with Crippen LogP contribution in [-0.2, 0) is 10.2 Å². The van der Waals surface area contributed by atoms with E-state index in [9.17, 15) is 15.0 Å². The van der Waals surface area contributed by atoms with E-state index in [4.69, 9.17) is 14.6 Å². The molecule has 0 saturated carbocycles. The van der Waals surface area contributed by atoms with Crippen LogP contribution in [0.5, 0.6) is 11.5 Å². The largest absolute Gasteiger partial charge is 0.491 e. The summed E-state index contributed by atoms with van der Waals surface area (Å²) in [5.74, 6) is 1.20. The zero-order valence-electron chi connectivity index (χ0n) is 17.2. The highest BCUT2D eigenvalue weighted by Gasteiger charge is 2.23. The highest BCUT2D eigenvalue weighted by molar-refractivity contribution is 5.75. The van der Waals surface area contributed by atoms with Gasteiger partial charge in [0, 0.05) is 11.8 Å². The number of carbonyl (C=O) groups is 1. The third kappa shape index (κ3) is 6.85. The molecule has 0 radical (unpaired) electrons. The number of benzene rings is 2. The SMILES string of the molecule is CC(=O)CC(O)COc1ccc(C(C)(C)c2ccc(OCC(O)CO)cc2)cc1. The fraction of sp³-hybridized carbons (Fsp3) is 0.435. The number of hydrogen-bond donors (Lipinski definition) is 3. The Kier molecular flexibility index (Phi) is 8.20. The van der Waals surface area contributed by atoms with E-state index in [0.29, 0.717) is 11.5 Å². The van der Waals surface area contributed by atoms with Crippen molar-refractivity contribution in [2.24, 2.45) is 0 Å². The van der Waals surface area contributed by atoms with Crippen molar-refractivity contribution in [3.05, 3.63) is 59.7 Å². The van der Waals surface area contributed by atoms with Gasteiger partial charge in [0.25, 0.3) is 0 Å². The van der Waals surface area contributed by atoms with Crippen molar-refractivity contribution in [2.45, 2.75) is 44.8 Å². The number of carbonyl (C=O) groups excluding carboxylic acids is 1. The predicted octanol–water partition coefficient (Wildman–Crippen LogP) is 2.46. The monoisotopic (exact) mass is 402 g/mol. The van der Waals surface area contributed by atoms with Crippen LogP contribution in [0.3, 0.4) is 0 Å². The average Bonchev–Trinajstić information content (AvgIpc) is 2.70. The molecule has 2 aromatic carbocycles. The molecule has 2 unspecified atom stereocenters. The normalized spacial score (nSPS) is 13.6. The first-order chi connectivity index (χ1) is 13.7. The quantitative estimate of drug-likeness (QED) is 0.534. The summed E-state index contributed by atoms with van der Waals surface area (Å²) in [4.78, 5) is 11.0. The van der Waals surface area contributed by atoms with Gasteiger partial charge in [0.05, 0.1) is 12.7 Å². The van der Waals surface area contributed by atoms with Gasteiger partial charge in [0.2, 0.25) is 0 Å². The fourth-order valence-electron chi connectivity index (χ4n) is 2.93. The van der Waals surface area contributed by atoms with Crippen molar-refractivity contribution in [1.29, 1.82) is 0 Å². The molecule has 29 heavy (non-hydrogen) atoms. The minimum Gasteiger partial charge on any atom is -0.491 e. The first kappa shape index (κ1) is 22.9. The van der Waals surface area contributed by atoms with Crippen molar-refractivity contribution in [3.8, 4) is 11.5 Å². The third-order valence-electron chi connectivity index (χ3n) is 4.77. The van der Waals surface area contributed by atoms with E-state index < -0.39 is 12.2 Å². The van der Waals surface area contributed by atoms with Crippen LogP contribution in [0.25, 0.3) is 0 Å². The lowest BCUT2D eigenvalue weighted by atomic mass is 9.78. The van der Waals surface area contributed by atoms with E-state index in [1.165, 1.54) is 6.92 Å². The third-order valence-corrected chi connectivity index (χ3v) is 4.77. The minimum absolute atomic E-state index is 0.0435. The van der Waals surface area contributed by atoms with Crippen LogP contribution in [0.4, 0.5) is 0 Å². The summed E-state index contributed by atoms with van der Waals surface area (Å²) in [6.07, 6.45) is -1.61. The first-order valence-electron chi connectivity index (χ1n) is 9.65. The number of rotatable bonds is 11. The van der Waals surface area contributed by atoms with Crippen LogP contribution < -0.4 is 9.47 Å². The van der Waals surface area contributed by atoms with E-state index in [1.54, 1.807) is 0 Å². The molecule has 158 valence electrons. The van der Waals surface area contributed by atoms with Gasteiger partial charge in [-0.3, -0.25) is 4.79 Å². The Bertz CT molecular complexity index is 767. The molecule has 0 aliphatic carbocycles. The van der Waals surface area contributed by atoms with Gasteiger partial charge in [-0.05, 0) is 42.3 Å². The zero-order valence-corrected chi connectivity index (χ0v) is 17.2. The number of aliphatic hydroxyl groups excluding tert-OH is 3. The van der Waals surface area contributed by atoms with Crippen LogP contribution in [0.2, 0.25) is 0 Å². The molecule has 2 aromatic rings. The number of hydrogen-bond acceptors (Lipinski definition) is 6. The molecule has 0 saturated heterocycles. The summed E-state index contributed by atoms with van der Waals surface area (Å²) in [5.41, 5.74) is 1.94. The van der Waals surface area contributed by atoms with Gasteiger partial charge in [-0.15, -0.1) is 0 Å². The number of ether oxygens (including phenoxy) is 2. The molecule has 2 rings (SSSR count). The lowest BCUT2D eigenvalue weighted by Crippen LogP contribution is -2.21. The Morgan fingerprint density at radius 2 is 1.28 bits per heavy atom. The molecule has 6 heteroatoms. The highest BCUT2D eigenvalue weighted by Crippen LogP contribution is 2.33. The maximum atomic E-state index is 11.0. The van der Waals surface area contributed by atoms with Crippen molar-refractivity contribution < 1.29 is 29.6 Å². The van der Waals surface area contributed by atoms with Crippen LogP contribution in [0, 0.1) is 0 Å². The van der Waals surface area contributed by atoms with Gasteiger partial charge >= 0.3 is 0 Å². The summed E-state index contributed by atoms with van der Waals surface area (Å²) >= 11 is 0. The minimum atomic E-state index is -0.893. The van der Waals surface area contributed by atoms with Gasteiger partial charge < -0.3 is 24.8 Å². The van der Waals surface area contributed by atoms with Gasteiger partial charge in [-0.1, -0.05) is 38.1 Å². The Labute approximate surface area is 171 Å². The van der Waals surface area contributed by atoms with Crippen molar-refractivity contribution >= 4 is 5.78 Å². The Balaban J connectivity index is 2.00. The van der Waals surface area contributed by atoms with E-state index in [2.05, 4.69) is 13.8 Å². The lowest BCUT2D eigenvalue weighted by molar-refractivity contribution is -0.119. The average molecular weight is 402 g/mol. The predicted molar refractivity (Wildman–Crippen MR) is 110 cm³/mol. The van der Waals surface area contributed by atoms with Crippen LogP contribution in [0.1, 0.15) is 38.3 Å². The second-order valence-electron chi connectivity index (χ2n) is 7.69. The van der Waals surface area contributed by atoms with Crippen LogP contribution in [-0.4, -0.2) is 53.1 Å². The zero-order chi connectivity index (χ0) is 21.4. The molecule has 0 amide bonds. The van der Waals surface area contributed by atoms with Crippen molar-refractivity contribution in [1.82, 2.24) is 0 Å². The molecule has 2 atom stereocenters. The molecule has 0 spiro atoms. The van der Waals surface area contributed by atoms with Gasteiger partial charge in [0.15, 0.2) is 0 Å². The Hall–Kier alpha value is -2.41. The molecule has 0 heterocycles. The molecule has 0 aromatic heterocycles. The summed E-state index contributed by atoms with van der Waals surface area (Å²) in [6.45, 7) is 5.46. The van der Waals surface area contributed by atoms with Gasteiger partial charge in [-0.25, -0.2) is 0 Å². The van der Waals surface area contributed by atoms with Gasteiger partial charge in [-0.2, -0.15) is 0 Å². The van der Waals surface area contributed by atoms with Crippen LogP contribution >= 0.6 is 0 Å². The maximum Gasteiger partial charge on any atom is 0.132 e. The highest BCUT2D eigenvalue weighted by atomic mass is 16.5. The van der Waals surface area contributed by atoms with E-state index in [-0.39, 0.29) is 37.4 Å². The van der Waals surface area contributed by atoms with E-state index >= 15 is 0 Å². The van der Waals surface area contributed by atoms with Crippen molar-refractivity contribution in [3.63, 3.8) is 0 Å². The molecule has 3 N–H and O–H groups in total. The summed E-state index contributed by atoms with van der Waals surface area (Å²) in [6, 6.07) is 15.3. The fourth-order valence-corrected chi connectivity index (χ4v) is 2.93. The van der Waals surface area contributed by atoms with Gasteiger partial charge in [0.1, 0.15) is 36.6 Å². The second-order valence-corrected chi connectivity index (χ2v) is 7.69. The molecule has 0 bridgehead atoms. The Morgan fingerprint density at radius 1 is 0.862 bits per heavy atom. The van der Waals surface area contributed by atoms with Crippen LogP contribution in [0.15, 0.2) is 48.5 Å². The molecule has 6 nitrogen and oxygen atoms in total. The molecular formula is C23H30O6. The first-order valence-corrected chi connectivity index (χ1v) is 9.65. The Morgan fingerprint density at radius 3 is 1.66 bits per heavy atom. The topological polar surface area (TPSA) is 96.2 Å². The number of Topliss-reactive ketones (excluding diaryl/α,β-unsaturated/α-hetero) is 1. The number of ketones is 1. The van der Waals surface area contributed by atoms with Crippen molar-refractivity contribution in [2.75, 3.05) is 19.8 Å².